The monoisotopic (exact) mass is 256 g/mol. The zero-order valence-electron chi connectivity index (χ0n) is 10.7. The summed E-state index contributed by atoms with van der Waals surface area (Å²) in [5, 5.41) is 3.88. The molecule has 0 spiro atoms. The Labute approximate surface area is 109 Å². The Hall–Kier alpha value is 0.230. The molecule has 0 unspecified atom stereocenters. The summed E-state index contributed by atoms with van der Waals surface area (Å²) < 4.78 is 5.76. The van der Waals surface area contributed by atoms with Crippen LogP contribution in [0.4, 0.5) is 0 Å². The van der Waals surface area contributed by atoms with Crippen molar-refractivity contribution in [1.82, 2.24) is 10.2 Å². The third-order valence-electron chi connectivity index (χ3n) is 4.29. The zero-order valence-corrected chi connectivity index (χ0v) is 11.5. The maximum atomic E-state index is 5.76. The number of ether oxygens (including phenoxy) is 1. The molecule has 0 radical (unpaired) electrons. The molecule has 3 aliphatic heterocycles. The van der Waals surface area contributed by atoms with Gasteiger partial charge in [0.15, 0.2) is 0 Å². The number of morpholine rings is 1. The van der Waals surface area contributed by atoms with E-state index in [2.05, 4.69) is 28.9 Å². The van der Waals surface area contributed by atoms with Crippen LogP contribution in [0.2, 0.25) is 0 Å². The van der Waals surface area contributed by atoms with E-state index in [1.165, 1.54) is 37.3 Å². The Bertz CT molecular complexity index is 258. The van der Waals surface area contributed by atoms with Crippen molar-refractivity contribution in [2.45, 2.75) is 50.4 Å². The Morgan fingerprint density at radius 1 is 1.18 bits per heavy atom. The van der Waals surface area contributed by atoms with Gasteiger partial charge in [0.2, 0.25) is 0 Å². The van der Waals surface area contributed by atoms with Crippen LogP contribution in [0, 0.1) is 0 Å². The lowest BCUT2D eigenvalue weighted by atomic mass is 10.1. The van der Waals surface area contributed by atoms with Gasteiger partial charge in [-0.3, -0.25) is 4.90 Å². The fourth-order valence-corrected chi connectivity index (χ4v) is 4.46. The van der Waals surface area contributed by atoms with E-state index in [-0.39, 0.29) is 0 Å². The molecule has 0 aliphatic carbocycles. The smallest absolute Gasteiger partial charge is 0.0674 e. The van der Waals surface area contributed by atoms with Gasteiger partial charge < -0.3 is 10.1 Å². The molecule has 4 heteroatoms. The second-order valence-corrected chi connectivity index (χ2v) is 6.96. The van der Waals surface area contributed by atoms with Crippen LogP contribution in [0.5, 0.6) is 0 Å². The molecule has 3 heterocycles. The average Bonchev–Trinajstić information content (AvgIpc) is 2.71. The van der Waals surface area contributed by atoms with E-state index >= 15 is 0 Å². The van der Waals surface area contributed by atoms with Crippen LogP contribution < -0.4 is 5.32 Å². The Morgan fingerprint density at radius 2 is 2.00 bits per heavy atom. The standard InChI is InChI=1S/C13H24N2OS/c1-10-7-15-8-12(6-13(15)9-16-10)14-11-2-4-17-5-3-11/h10-14H,2-9H2,1H3/t10-,12+,13-/m0/s1. The van der Waals surface area contributed by atoms with Crippen LogP contribution in [-0.4, -0.2) is 60.3 Å². The van der Waals surface area contributed by atoms with Crippen molar-refractivity contribution < 1.29 is 4.74 Å². The van der Waals surface area contributed by atoms with Crippen LogP contribution in [0.25, 0.3) is 0 Å². The van der Waals surface area contributed by atoms with E-state index in [0.717, 1.165) is 19.2 Å². The summed E-state index contributed by atoms with van der Waals surface area (Å²) in [6, 6.07) is 2.17. The van der Waals surface area contributed by atoms with Gasteiger partial charge in [0.25, 0.3) is 0 Å². The first kappa shape index (κ1) is 12.3. The van der Waals surface area contributed by atoms with E-state index < -0.39 is 0 Å². The molecule has 3 saturated heterocycles. The molecule has 3 aliphatic rings. The van der Waals surface area contributed by atoms with Gasteiger partial charge in [-0.15, -0.1) is 0 Å². The van der Waals surface area contributed by atoms with Gasteiger partial charge >= 0.3 is 0 Å². The number of fused-ring (bicyclic) bond motifs is 1. The van der Waals surface area contributed by atoms with Crippen molar-refractivity contribution in [2.75, 3.05) is 31.2 Å². The minimum Gasteiger partial charge on any atom is -0.376 e. The van der Waals surface area contributed by atoms with Gasteiger partial charge in [0, 0.05) is 31.2 Å². The summed E-state index contributed by atoms with van der Waals surface area (Å²) in [6.07, 6.45) is 4.43. The van der Waals surface area contributed by atoms with Crippen molar-refractivity contribution in [3.8, 4) is 0 Å². The van der Waals surface area contributed by atoms with E-state index in [1.807, 2.05) is 0 Å². The van der Waals surface area contributed by atoms with Gasteiger partial charge in [0.1, 0.15) is 0 Å². The number of rotatable bonds is 2. The Morgan fingerprint density at radius 3 is 2.82 bits per heavy atom. The third-order valence-corrected chi connectivity index (χ3v) is 5.33. The van der Waals surface area contributed by atoms with Crippen molar-refractivity contribution in [3.05, 3.63) is 0 Å². The van der Waals surface area contributed by atoms with E-state index in [1.54, 1.807) is 0 Å². The van der Waals surface area contributed by atoms with Crippen LogP contribution >= 0.6 is 11.8 Å². The maximum absolute atomic E-state index is 5.76. The summed E-state index contributed by atoms with van der Waals surface area (Å²) in [6.45, 7) is 5.50. The molecular formula is C13H24N2OS. The maximum Gasteiger partial charge on any atom is 0.0674 e. The zero-order chi connectivity index (χ0) is 11.7. The lowest BCUT2D eigenvalue weighted by Crippen LogP contribution is -2.45. The number of hydrogen-bond donors (Lipinski definition) is 1. The SMILES string of the molecule is C[C@H]1CN2C[C@H](NC3CCSCC3)C[C@H]2CO1. The number of hydrogen-bond acceptors (Lipinski definition) is 4. The molecule has 3 fully saturated rings. The van der Waals surface area contributed by atoms with Crippen molar-refractivity contribution in [2.24, 2.45) is 0 Å². The number of nitrogens with zero attached hydrogens (tertiary/aromatic N) is 1. The summed E-state index contributed by atoms with van der Waals surface area (Å²) in [4.78, 5) is 2.63. The quantitative estimate of drug-likeness (QED) is 0.806. The normalized spacial score (nSPS) is 40.4. The lowest BCUT2D eigenvalue weighted by molar-refractivity contribution is -0.0390. The highest BCUT2D eigenvalue weighted by Gasteiger charge is 2.36. The molecular weight excluding hydrogens is 232 g/mol. The summed E-state index contributed by atoms with van der Waals surface area (Å²) in [5.74, 6) is 2.69. The number of nitrogens with one attached hydrogen (secondary N) is 1. The molecule has 0 aromatic carbocycles. The second-order valence-electron chi connectivity index (χ2n) is 5.74. The first-order valence-electron chi connectivity index (χ1n) is 7.00. The minimum atomic E-state index is 0.427. The minimum absolute atomic E-state index is 0.427. The van der Waals surface area contributed by atoms with Crippen molar-refractivity contribution in [3.63, 3.8) is 0 Å². The highest BCUT2D eigenvalue weighted by molar-refractivity contribution is 7.99. The molecule has 98 valence electrons. The molecule has 0 amide bonds. The Balaban J connectivity index is 1.49. The van der Waals surface area contributed by atoms with Gasteiger partial charge in [-0.05, 0) is 37.7 Å². The van der Waals surface area contributed by atoms with Gasteiger partial charge in [-0.25, -0.2) is 0 Å². The number of thioether (sulfide) groups is 1. The first-order chi connectivity index (χ1) is 8.31. The topological polar surface area (TPSA) is 24.5 Å². The molecule has 0 bridgehead atoms. The van der Waals surface area contributed by atoms with Crippen LogP contribution in [0.15, 0.2) is 0 Å². The van der Waals surface area contributed by atoms with Crippen molar-refractivity contribution >= 4 is 11.8 Å². The van der Waals surface area contributed by atoms with Crippen LogP contribution in [0.1, 0.15) is 26.2 Å². The fourth-order valence-electron chi connectivity index (χ4n) is 3.36. The first-order valence-corrected chi connectivity index (χ1v) is 8.16. The van der Waals surface area contributed by atoms with E-state index in [0.29, 0.717) is 18.2 Å². The summed E-state index contributed by atoms with van der Waals surface area (Å²) in [7, 11) is 0. The molecule has 3 nitrogen and oxygen atoms in total. The summed E-state index contributed by atoms with van der Waals surface area (Å²) >= 11 is 2.11. The lowest BCUT2D eigenvalue weighted by Gasteiger charge is -2.33. The molecule has 3 rings (SSSR count). The van der Waals surface area contributed by atoms with Crippen LogP contribution in [0.3, 0.4) is 0 Å². The van der Waals surface area contributed by atoms with E-state index in [4.69, 9.17) is 4.74 Å². The second kappa shape index (κ2) is 5.47. The van der Waals surface area contributed by atoms with Gasteiger partial charge in [-0.2, -0.15) is 11.8 Å². The third kappa shape index (κ3) is 2.98. The molecule has 3 atom stereocenters. The van der Waals surface area contributed by atoms with Crippen molar-refractivity contribution in [1.29, 1.82) is 0 Å². The van der Waals surface area contributed by atoms with E-state index in [9.17, 15) is 0 Å². The highest BCUT2D eigenvalue weighted by atomic mass is 32.2. The predicted molar refractivity (Wildman–Crippen MR) is 72.7 cm³/mol. The molecule has 0 saturated carbocycles. The fraction of sp³-hybridized carbons (Fsp3) is 1.00. The molecule has 0 aromatic rings. The van der Waals surface area contributed by atoms with Crippen LogP contribution in [-0.2, 0) is 4.74 Å². The highest BCUT2D eigenvalue weighted by Crippen LogP contribution is 2.25. The van der Waals surface area contributed by atoms with Gasteiger partial charge in [0.05, 0.1) is 12.7 Å². The largest absolute Gasteiger partial charge is 0.376 e. The molecule has 0 aromatic heterocycles. The predicted octanol–water partition coefficient (Wildman–Crippen LogP) is 1.33. The van der Waals surface area contributed by atoms with Gasteiger partial charge in [-0.1, -0.05) is 0 Å². The average molecular weight is 256 g/mol. The molecule has 17 heavy (non-hydrogen) atoms. The molecule has 1 N–H and O–H groups in total. The summed E-state index contributed by atoms with van der Waals surface area (Å²) in [5.41, 5.74) is 0. The Kier molecular flexibility index (Phi) is 3.95.